The molecule has 0 aliphatic carbocycles. The van der Waals surface area contributed by atoms with Crippen LogP contribution in [0, 0.1) is 5.82 Å². The normalized spacial score (nSPS) is 11.2. The maximum Gasteiger partial charge on any atom is 0.254 e. The number of thioether (sulfide) groups is 1. The van der Waals surface area contributed by atoms with Crippen molar-refractivity contribution in [2.45, 2.75) is 9.79 Å². The summed E-state index contributed by atoms with van der Waals surface area (Å²) in [6.07, 6.45) is 0. The van der Waals surface area contributed by atoms with Crippen molar-refractivity contribution in [3.8, 4) is 0 Å². The van der Waals surface area contributed by atoms with Crippen LogP contribution in [-0.4, -0.2) is 33.7 Å². The summed E-state index contributed by atoms with van der Waals surface area (Å²) in [5.41, 5.74) is -0.295. The fourth-order valence-electron chi connectivity index (χ4n) is 1.91. The van der Waals surface area contributed by atoms with Crippen LogP contribution in [0.4, 0.5) is 4.39 Å². The van der Waals surface area contributed by atoms with Crippen LogP contribution in [0.15, 0.2) is 58.3 Å². The number of carbonyl (C=O) groups excluding carboxylic acids is 1. The van der Waals surface area contributed by atoms with Gasteiger partial charge in [0, 0.05) is 17.2 Å². The van der Waals surface area contributed by atoms with Crippen LogP contribution in [-0.2, 0) is 10.0 Å². The Labute approximate surface area is 144 Å². The molecule has 0 saturated heterocycles. The molecule has 0 radical (unpaired) electrons. The quantitative estimate of drug-likeness (QED) is 0.581. The summed E-state index contributed by atoms with van der Waals surface area (Å²) < 4.78 is 39.4. The first-order valence-electron chi connectivity index (χ1n) is 7.13. The van der Waals surface area contributed by atoms with Crippen LogP contribution in [0.1, 0.15) is 10.4 Å². The molecular formula is C16H17FN2O3S2. The first kappa shape index (κ1) is 18.4. The van der Waals surface area contributed by atoms with Gasteiger partial charge in [-0.15, -0.1) is 11.8 Å². The lowest BCUT2D eigenvalue weighted by Crippen LogP contribution is -2.27. The van der Waals surface area contributed by atoms with Crippen LogP contribution in [0.2, 0.25) is 0 Å². The number of halogens is 1. The highest BCUT2D eigenvalue weighted by atomic mass is 32.2. The number of carbonyl (C=O) groups is 1. The highest BCUT2D eigenvalue weighted by Gasteiger charge is 2.18. The van der Waals surface area contributed by atoms with Gasteiger partial charge in [0.25, 0.3) is 5.91 Å². The van der Waals surface area contributed by atoms with Crippen molar-refractivity contribution in [1.29, 1.82) is 0 Å². The molecule has 0 heterocycles. The monoisotopic (exact) mass is 368 g/mol. The van der Waals surface area contributed by atoms with Gasteiger partial charge in [-0.05, 0) is 37.4 Å². The SMILES string of the molecule is CNS(=O)(=O)c1ccc(F)c(C(=O)NCCSc2ccccc2)c1. The van der Waals surface area contributed by atoms with Gasteiger partial charge in [0.1, 0.15) is 5.82 Å². The lowest BCUT2D eigenvalue weighted by atomic mass is 10.2. The predicted molar refractivity (Wildman–Crippen MR) is 92.1 cm³/mol. The minimum absolute atomic E-state index is 0.157. The zero-order valence-electron chi connectivity index (χ0n) is 13.0. The van der Waals surface area contributed by atoms with E-state index < -0.39 is 21.7 Å². The zero-order chi connectivity index (χ0) is 17.6. The Morgan fingerprint density at radius 2 is 1.88 bits per heavy atom. The Balaban J connectivity index is 1.98. The highest BCUT2D eigenvalue weighted by Crippen LogP contribution is 2.17. The van der Waals surface area contributed by atoms with Crippen LogP contribution in [0.5, 0.6) is 0 Å². The van der Waals surface area contributed by atoms with Gasteiger partial charge in [-0.1, -0.05) is 18.2 Å². The van der Waals surface area contributed by atoms with Crippen molar-refractivity contribution in [2.24, 2.45) is 0 Å². The highest BCUT2D eigenvalue weighted by molar-refractivity contribution is 7.99. The second-order valence-electron chi connectivity index (χ2n) is 4.77. The second-order valence-corrected chi connectivity index (χ2v) is 7.82. The second kappa shape index (κ2) is 8.27. The summed E-state index contributed by atoms with van der Waals surface area (Å²) >= 11 is 1.56. The summed E-state index contributed by atoms with van der Waals surface area (Å²) in [4.78, 5) is 13.0. The maximum absolute atomic E-state index is 13.8. The van der Waals surface area contributed by atoms with Crippen molar-refractivity contribution in [2.75, 3.05) is 19.3 Å². The number of sulfonamides is 1. The molecule has 2 aromatic carbocycles. The molecule has 2 aromatic rings. The van der Waals surface area contributed by atoms with Crippen molar-refractivity contribution in [1.82, 2.24) is 10.0 Å². The fraction of sp³-hybridized carbons (Fsp3) is 0.188. The molecule has 128 valence electrons. The molecule has 2 N–H and O–H groups in total. The number of benzene rings is 2. The van der Waals surface area contributed by atoms with E-state index in [1.165, 1.54) is 7.05 Å². The van der Waals surface area contributed by atoms with E-state index in [2.05, 4.69) is 10.0 Å². The lowest BCUT2D eigenvalue weighted by Gasteiger charge is -2.08. The van der Waals surface area contributed by atoms with Gasteiger partial charge in [-0.3, -0.25) is 4.79 Å². The van der Waals surface area contributed by atoms with Gasteiger partial charge >= 0.3 is 0 Å². The van der Waals surface area contributed by atoms with Crippen LogP contribution in [0.25, 0.3) is 0 Å². The molecular weight excluding hydrogens is 351 g/mol. The first-order chi connectivity index (χ1) is 11.4. The van der Waals surface area contributed by atoms with Gasteiger partial charge in [0.2, 0.25) is 10.0 Å². The Kier molecular flexibility index (Phi) is 6.36. The molecule has 0 spiro atoms. The van der Waals surface area contributed by atoms with Gasteiger partial charge in [0.05, 0.1) is 10.5 Å². The molecule has 0 atom stereocenters. The van der Waals surface area contributed by atoms with E-state index >= 15 is 0 Å². The Morgan fingerprint density at radius 1 is 1.17 bits per heavy atom. The van der Waals surface area contributed by atoms with Crippen LogP contribution < -0.4 is 10.0 Å². The molecule has 0 unspecified atom stereocenters. The molecule has 0 bridgehead atoms. The number of hydrogen-bond donors (Lipinski definition) is 2. The molecule has 0 aliphatic heterocycles. The third kappa shape index (κ3) is 4.80. The van der Waals surface area contributed by atoms with Crippen molar-refractivity contribution < 1.29 is 17.6 Å². The lowest BCUT2D eigenvalue weighted by molar-refractivity contribution is 0.0952. The molecule has 8 heteroatoms. The maximum atomic E-state index is 13.8. The standard InChI is InChI=1S/C16H17FN2O3S2/c1-18-24(21,22)13-7-8-15(17)14(11-13)16(20)19-9-10-23-12-5-3-2-4-6-12/h2-8,11,18H,9-10H2,1H3,(H,19,20). The summed E-state index contributed by atoms with van der Waals surface area (Å²) in [5, 5.41) is 2.59. The van der Waals surface area contributed by atoms with Crippen molar-refractivity contribution >= 4 is 27.7 Å². The predicted octanol–water partition coefficient (Wildman–Crippen LogP) is 2.26. The topological polar surface area (TPSA) is 75.3 Å². The molecule has 2 rings (SSSR count). The van der Waals surface area contributed by atoms with E-state index in [4.69, 9.17) is 0 Å². The number of nitrogens with one attached hydrogen (secondary N) is 2. The molecule has 0 saturated carbocycles. The summed E-state index contributed by atoms with van der Waals surface area (Å²) in [6, 6.07) is 12.8. The van der Waals surface area contributed by atoms with E-state index in [9.17, 15) is 17.6 Å². The van der Waals surface area contributed by atoms with Gasteiger partial charge in [-0.25, -0.2) is 17.5 Å². The molecule has 1 amide bonds. The first-order valence-corrected chi connectivity index (χ1v) is 9.60. The van der Waals surface area contributed by atoms with Crippen molar-refractivity contribution in [3.63, 3.8) is 0 Å². The fourth-order valence-corrected chi connectivity index (χ4v) is 3.45. The number of amides is 1. The van der Waals surface area contributed by atoms with Gasteiger partial charge in [0.15, 0.2) is 0 Å². The van der Waals surface area contributed by atoms with E-state index in [0.29, 0.717) is 12.3 Å². The number of rotatable bonds is 7. The Morgan fingerprint density at radius 3 is 2.54 bits per heavy atom. The van der Waals surface area contributed by atoms with Crippen molar-refractivity contribution in [3.05, 3.63) is 59.9 Å². The third-order valence-corrected chi connectivity index (χ3v) is 5.59. The summed E-state index contributed by atoms with van der Waals surface area (Å²) in [6.45, 7) is 0.334. The Bertz CT molecular complexity index is 811. The molecule has 0 fully saturated rings. The smallest absolute Gasteiger partial charge is 0.254 e. The molecule has 5 nitrogen and oxygen atoms in total. The average molecular weight is 368 g/mol. The van der Waals surface area contributed by atoms with E-state index in [0.717, 1.165) is 23.1 Å². The summed E-state index contributed by atoms with van der Waals surface area (Å²) in [5.74, 6) is -0.793. The third-order valence-electron chi connectivity index (χ3n) is 3.16. The van der Waals surface area contributed by atoms with Crippen LogP contribution in [0.3, 0.4) is 0 Å². The number of hydrogen-bond acceptors (Lipinski definition) is 4. The van der Waals surface area contributed by atoms with Crippen LogP contribution >= 0.6 is 11.8 Å². The van der Waals surface area contributed by atoms with E-state index in [1.54, 1.807) is 11.8 Å². The molecule has 24 heavy (non-hydrogen) atoms. The molecule has 0 aliphatic rings. The van der Waals surface area contributed by atoms with Gasteiger partial charge < -0.3 is 5.32 Å². The minimum atomic E-state index is -3.73. The zero-order valence-corrected chi connectivity index (χ0v) is 14.6. The average Bonchev–Trinajstić information content (AvgIpc) is 2.59. The largest absolute Gasteiger partial charge is 0.351 e. The van der Waals surface area contributed by atoms with Gasteiger partial charge in [-0.2, -0.15) is 0 Å². The van der Waals surface area contributed by atoms with E-state index in [-0.39, 0.29) is 10.5 Å². The summed E-state index contributed by atoms with van der Waals surface area (Å²) in [7, 11) is -2.48. The molecule has 0 aromatic heterocycles. The Hall–Kier alpha value is -1.90. The minimum Gasteiger partial charge on any atom is -0.351 e. The van der Waals surface area contributed by atoms with E-state index in [1.807, 2.05) is 30.3 Å².